The molecule has 0 aliphatic carbocycles. The maximum absolute atomic E-state index is 13.8. The number of amides is 1. The first kappa shape index (κ1) is 29.0. The number of halogens is 7. The molecule has 1 amide bonds. The van der Waals surface area contributed by atoms with Crippen molar-refractivity contribution >= 4 is 74.0 Å². The highest BCUT2D eigenvalue weighted by atomic mass is 79.9. The minimum atomic E-state index is -4.50. The summed E-state index contributed by atoms with van der Waals surface area (Å²) in [6.07, 6.45) is -4.61. The van der Waals surface area contributed by atoms with Crippen LogP contribution in [-0.4, -0.2) is 36.8 Å². The molecule has 12 heteroatoms. The first-order valence-electron chi connectivity index (χ1n) is 10.2. The molecule has 0 saturated heterocycles. The van der Waals surface area contributed by atoms with Crippen LogP contribution in [0.2, 0.25) is 15.1 Å². The lowest BCUT2D eigenvalue weighted by molar-refractivity contribution is -0.151. The van der Waals surface area contributed by atoms with Crippen molar-refractivity contribution in [3.05, 3.63) is 66.6 Å². The van der Waals surface area contributed by atoms with E-state index in [2.05, 4.69) is 31.9 Å². The molecule has 4 nitrogen and oxygen atoms in total. The molecule has 0 heterocycles. The molecule has 3 N–H and O–H groups in total. The van der Waals surface area contributed by atoms with Crippen LogP contribution < -0.4 is 16.0 Å². The Hall–Kier alpha value is -1.26. The monoisotopic (exact) mass is 617 g/mol. The van der Waals surface area contributed by atoms with E-state index in [4.69, 9.17) is 47.0 Å². The summed E-state index contributed by atoms with van der Waals surface area (Å²) in [5.74, 6) is -2.09. The van der Waals surface area contributed by atoms with Crippen molar-refractivity contribution in [2.45, 2.75) is 31.9 Å². The van der Waals surface area contributed by atoms with Gasteiger partial charge in [-0.1, -0.05) is 40.9 Å². The van der Waals surface area contributed by atoms with Gasteiger partial charge in [0.25, 0.3) is 5.91 Å². The molecule has 0 bridgehead atoms. The van der Waals surface area contributed by atoms with E-state index in [1.54, 1.807) is 18.2 Å². The van der Waals surface area contributed by atoms with Crippen LogP contribution in [0.5, 0.6) is 0 Å². The van der Waals surface area contributed by atoms with Crippen molar-refractivity contribution in [3.8, 4) is 0 Å². The highest BCUT2D eigenvalue weighted by molar-refractivity contribution is 9.10. The van der Waals surface area contributed by atoms with Crippen LogP contribution >= 0.6 is 63.0 Å². The Morgan fingerprint density at radius 3 is 2.24 bits per heavy atom. The number of aryl methyl sites for hydroxylation is 1. The van der Waals surface area contributed by atoms with Crippen molar-refractivity contribution < 1.29 is 18.0 Å². The van der Waals surface area contributed by atoms with Crippen molar-refractivity contribution in [2.24, 2.45) is 0 Å². The lowest BCUT2D eigenvalue weighted by atomic mass is 9.91. The van der Waals surface area contributed by atoms with Crippen LogP contribution in [0.15, 0.2) is 34.8 Å². The predicted octanol–water partition coefficient (Wildman–Crippen LogP) is 6.90. The standard InChI is InChI=1S/C22H22BrCl3F3N3OS/c1-2-30-21(34)32-8-7-31-20(33)14-5-3-12(9-16(14)23)4-6-15(22(27,28)29)13-10-17(24)19(26)18(25)11-13/h3,5,9-11,15H,2,4,6-8H2,1H3,(H,31,33)(H2,30,32,34). The van der Waals surface area contributed by atoms with E-state index in [0.717, 1.165) is 0 Å². The zero-order chi connectivity index (χ0) is 25.5. The first-order chi connectivity index (χ1) is 15.9. The summed E-state index contributed by atoms with van der Waals surface area (Å²) in [7, 11) is 0. The van der Waals surface area contributed by atoms with Gasteiger partial charge in [0.2, 0.25) is 0 Å². The van der Waals surface area contributed by atoms with Gasteiger partial charge in [-0.15, -0.1) is 0 Å². The fourth-order valence-electron chi connectivity index (χ4n) is 3.18. The lowest BCUT2D eigenvalue weighted by Gasteiger charge is -2.22. The molecule has 0 aliphatic heterocycles. The predicted molar refractivity (Wildman–Crippen MR) is 139 cm³/mol. The Morgan fingerprint density at radius 1 is 1.06 bits per heavy atom. The van der Waals surface area contributed by atoms with Crippen LogP contribution in [-0.2, 0) is 6.42 Å². The van der Waals surface area contributed by atoms with E-state index in [-0.39, 0.29) is 39.4 Å². The normalized spacial score (nSPS) is 12.2. The van der Waals surface area contributed by atoms with E-state index >= 15 is 0 Å². The van der Waals surface area contributed by atoms with Crippen molar-refractivity contribution in [3.63, 3.8) is 0 Å². The van der Waals surface area contributed by atoms with Gasteiger partial charge in [0, 0.05) is 24.1 Å². The van der Waals surface area contributed by atoms with Crippen LogP contribution in [0, 0.1) is 0 Å². The molecule has 0 radical (unpaired) electrons. The third-order valence-corrected chi connectivity index (χ3v) is 6.98. The summed E-state index contributed by atoms with van der Waals surface area (Å²) >= 11 is 26.1. The van der Waals surface area contributed by atoms with E-state index < -0.39 is 12.1 Å². The summed E-state index contributed by atoms with van der Waals surface area (Å²) in [4.78, 5) is 12.4. The second-order valence-corrected chi connectivity index (χ2v) is 9.74. The second kappa shape index (κ2) is 13.2. The Bertz CT molecular complexity index is 1020. The fraction of sp³-hybridized carbons (Fsp3) is 0.364. The van der Waals surface area contributed by atoms with Crippen LogP contribution in [0.25, 0.3) is 0 Å². The number of thiocarbonyl (C=S) groups is 1. The molecule has 1 unspecified atom stereocenters. The maximum Gasteiger partial charge on any atom is 0.395 e. The maximum atomic E-state index is 13.8. The fourth-order valence-corrected chi connectivity index (χ4v) is 4.64. The smallest absolute Gasteiger partial charge is 0.363 e. The van der Waals surface area contributed by atoms with Gasteiger partial charge < -0.3 is 16.0 Å². The minimum Gasteiger partial charge on any atom is -0.363 e. The van der Waals surface area contributed by atoms with Gasteiger partial charge in [0.1, 0.15) is 0 Å². The zero-order valence-corrected chi connectivity index (χ0v) is 22.6. The molecule has 2 aromatic rings. The molecule has 0 saturated carbocycles. The number of carbonyl (C=O) groups is 1. The van der Waals surface area contributed by atoms with E-state index in [0.29, 0.717) is 40.3 Å². The summed E-state index contributed by atoms with van der Waals surface area (Å²) in [5.41, 5.74) is 0.965. The topological polar surface area (TPSA) is 53.2 Å². The number of carbonyl (C=O) groups excluding carboxylic acids is 1. The van der Waals surface area contributed by atoms with Crippen molar-refractivity contribution in [1.29, 1.82) is 0 Å². The molecule has 0 spiro atoms. The van der Waals surface area contributed by atoms with Gasteiger partial charge in [-0.3, -0.25) is 4.79 Å². The van der Waals surface area contributed by atoms with Crippen molar-refractivity contribution in [2.75, 3.05) is 19.6 Å². The number of nitrogens with one attached hydrogen (secondary N) is 3. The molecule has 34 heavy (non-hydrogen) atoms. The molecule has 2 aromatic carbocycles. The van der Waals surface area contributed by atoms with Gasteiger partial charge in [-0.05, 0) is 83.3 Å². The summed E-state index contributed by atoms with van der Waals surface area (Å²) in [6.45, 7) is 3.41. The van der Waals surface area contributed by atoms with Crippen molar-refractivity contribution in [1.82, 2.24) is 16.0 Å². The van der Waals surface area contributed by atoms with E-state index in [9.17, 15) is 18.0 Å². The summed E-state index contributed by atoms with van der Waals surface area (Å²) < 4.78 is 41.8. The Labute approximate surface area is 225 Å². The Morgan fingerprint density at radius 2 is 1.68 bits per heavy atom. The van der Waals surface area contributed by atoms with Gasteiger partial charge in [-0.2, -0.15) is 13.2 Å². The van der Waals surface area contributed by atoms with Crippen LogP contribution in [0.3, 0.4) is 0 Å². The van der Waals surface area contributed by atoms with Gasteiger partial charge in [0.05, 0.1) is 26.5 Å². The SMILES string of the molecule is CCNC(=S)NCCNC(=O)c1ccc(CCC(c2cc(Cl)c(Cl)c(Cl)c2)C(F)(F)F)cc1Br. The quantitative estimate of drug-likeness (QED) is 0.162. The lowest BCUT2D eigenvalue weighted by Crippen LogP contribution is -2.40. The Balaban J connectivity index is 2.03. The average molecular weight is 620 g/mol. The second-order valence-electron chi connectivity index (χ2n) is 7.29. The first-order valence-corrected chi connectivity index (χ1v) is 12.6. The van der Waals surface area contributed by atoms with E-state index in [1.165, 1.54) is 12.1 Å². The summed E-state index contributed by atoms with van der Waals surface area (Å²) in [6, 6.07) is 7.23. The number of alkyl halides is 3. The molecule has 0 fully saturated rings. The average Bonchev–Trinajstić information content (AvgIpc) is 2.74. The highest BCUT2D eigenvalue weighted by Gasteiger charge is 2.40. The van der Waals surface area contributed by atoms with Gasteiger partial charge in [-0.25, -0.2) is 0 Å². The summed E-state index contributed by atoms with van der Waals surface area (Å²) in [5, 5.41) is 9.11. The molecule has 0 aliphatic rings. The number of hydrogen-bond acceptors (Lipinski definition) is 2. The third-order valence-electron chi connectivity index (χ3n) is 4.84. The Kier molecular flexibility index (Phi) is 11.2. The largest absolute Gasteiger partial charge is 0.395 e. The molecular weight excluding hydrogens is 598 g/mol. The number of rotatable bonds is 9. The van der Waals surface area contributed by atoms with Crippen LogP contribution in [0.1, 0.15) is 40.7 Å². The minimum absolute atomic E-state index is 0.0157. The third kappa shape index (κ3) is 8.45. The van der Waals surface area contributed by atoms with Crippen LogP contribution in [0.4, 0.5) is 13.2 Å². The highest BCUT2D eigenvalue weighted by Crippen LogP contribution is 2.42. The molecular formula is C22H22BrCl3F3N3OS. The molecule has 186 valence electrons. The van der Waals surface area contributed by atoms with Gasteiger partial charge >= 0.3 is 6.18 Å². The molecule has 2 rings (SSSR count). The zero-order valence-electron chi connectivity index (χ0n) is 18.0. The number of hydrogen-bond donors (Lipinski definition) is 3. The van der Waals surface area contributed by atoms with E-state index in [1.807, 2.05) is 6.92 Å². The molecule has 0 aromatic heterocycles. The molecule has 1 atom stereocenters. The number of benzene rings is 2. The van der Waals surface area contributed by atoms with Gasteiger partial charge in [0.15, 0.2) is 5.11 Å².